The summed E-state index contributed by atoms with van der Waals surface area (Å²) in [6, 6.07) is 0.735. The lowest BCUT2D eigenvalue weighted by Crippen LogP contribution is -2.44. The van der Waals surface area contributed by atoms with Crippen molar-refractivity contribution < 1.29 is 0 Å². The Kier molecular flexibility index (Phi) is 3.97. The minimum absolute atomic E-state index is 0.677. The van der Waals surface area contributed by atoms with Crippen molar-refractivity contribution in [3.8, 4) is 0 Å². The molecule has 2 fully saturated rings. The van der Waals surface area contributed by atoms with Crippen molar-refractivity contribution in [1.82, 2.24) is 4.90 Å². The third kappa shape index (κ3) is 2.93. The molecule has 0 aromatic carbocycles. The maximum absolute atomic E-state index is 2.65. The van der Waals surface area contributed by atoms with Crippen molar-refractivity contribution in [2.24, 2.45) is 5.41 Å². The Hall–Kier alpha value is -0.300. The molecule has 1 saturated carbocycles. The van der Waals surface area contributed by atoms with Gasteiger partial charge in [-0.15, -0.1) is 0 Å². The van der Waals surface area contributed by atoms with Crippen molar-refractivity contribution >= 4 is 0 Å². The summed E-state index contributed by atoms with van der Waals surface area (Å²) in [5.74, 6) is 0. The average molecular weight is 235 g/mol. The lowest BCUT2D eigenvalue weighted by atomic mass is 9.66. The Morgan fingerprint density at radius 3 is 2.29 bits per heavy atom. The second kappa shape index (κ2) is 5.14. The molecule has 17 heavy (non-hydrogen) atoms. The molecule has 1 saturated heterocycles. The first-order valence-electron chi connectivity index (χ1n) is 7.42. The van der Waals surface area contributed by atoms with E-state index in [1.807, 2.05) is 0 Å². The van der Waals surface area contributed by atoms with Crippen LogP contribution in [0, 0.1) is 5.41 Å². The Bertz CT molecular complexity index is 289. The second-order valence-electron chi connectivity index (χ2n) is 6.76. The van der Waals surface area contributed by atoms with E-state index in [0.717, 1.165) is 6.04 Å². The number of nitrogens with zero attached hydrogens (tertiary/aromatic N) is 1. The van der Waals surface area contributed by atoms with Crippen molar-refractivity contribution in [2.45, 2.75) is 72.3 Å². The highest BCUT2D eigenvalue weighted by Crippen LogP contribution is 2.47. The number of rotatable bonds is 1. The first kappa shape index (κ1) is 13.1. The van der Waals surface area contributed by atoms with Crippen molar-refractivity contribution in [2.75, 3.05) is 13.1 Å². The Morgan fingerprint density at radius 2 is 1.76 bits per heavy atom. The molecule has 0 unspecified atom stereocenters. The van der Waals surface area contributed by atoms with Crippen LogP contribution in [0.5, 0.6) is 0 Å². The second-order valence-corrected chi connectivity index (χ2v) is 6.76. The van der Waals surface area contributed by atoms with Crippen LogP contribution < -0.4 is 0 Å². The van der Waals surface area contributed by atoms with Gasteiger partial charge in [-0.3, -0.25) is 0 Å². The Balaban J connectivity index is 2.00. The smallest absolute Gasteiger partial charge is 0.00385 e. The van der Waals surface area contributed by atoms with E-state index in [-0.39, 0.29) is 0 Å². The molecule has 0 amide bonds. The van der Waals surface area contributed by atoms with E-state index in [2.05, 4.69) is 32.6 Å². The van der Waals surface area contributed by atoms with E-state index in [1.165, 1.54) is 51.6 Å². The fourth-order valence-corrected chi connectivity index (χ4v) is 3.67. The molecule has 0 N–H and O–H groups in total. The summed E-state index contributed by atoms with van der Waals surface area (Å²) in [5.41, 5.74) is 4.04. The highest BCUT2D eigenvalue weighted by Gasteiger charge is 2.37. The quantitative estimate of drug-likeness (QED) is 0.609. The summed E-state index contributed by atoms with van der Waals surface area (Å²) in [4.78, 5) is 2.65. The minimum Gasteiger partial charge on any atom is -0.301 e. The first-order chi connectivity index (χ1) is 8.02. The molecule has 0 radical (unpaired) electrons. The molecule has 98 valence electrons. The molecule has 0 aromatic heterocycles. The van der Waals surface area contributed by atoms with Gasteiger partial charge in [0, 0.05) is 6.04 Å². The van der Waals surface area contributed by atoms with Crippen LogP contribution in [0.4, 0.5) is 0 Å². The van der Waals surface area contributed by atoms with Gasteiger partial charge in [-0.25, -0.2) is 0 Å². The predicted molar refractivity (Wildman–Crippen MR) is 75.2 cm³/mol. The molecular weight excluding hydrogens is 206 g/mol. The minimum atomic E-state index is 0.677. The fourth-order valence-electron chi connectivity index (χ4n) is 3.67. The molecule has 1 nitrogen and oxygen atoms in total. The Morgan fingerprint density at radius 1 is 1.12 bits per heavy atom. The molecule has 1 aliphatic heterocycles. The molecule has 2 rings (SSSR count). The molecule has 1 aliphatic carbocycles. The van der Waals surface area contributed by atoms with E-state index in [4.69, 9.17) is 0 Å². The van der Waals surface area contributed by atoms with Gasteiger partial charge in [-0.1, -0.05) is 11.1 Å². The van der Waals surface area contributed by atoms with Crippen LogP contribution in [-0.4, -0.2) is 24.0 Å². The summed E-state index contributed by atoms with van der Waals surface area (Å²) < 4.78 is 0. The average Bonchev–Trinajstić information content (AvgIpc) is 2.29. The predicted octanol–water partition coefficient (Wildman–Crippen LogP) is 4.39. The normalized spacial score (nSPS) is 25.6. The topological polar surface area (TPSA) is 3.24 Å². The SMILES string of the molecule is CC(C)=C1CCCC2(CCN(C(C)C)CC2)C1. The number of allylic oxidation sites excluding steroid dienone is 2. The molecule has 0 atom stereocenters. The zero-order chi connectivity index (χ0) is 12.5. The molecule has 1 spiro atoms. The van der Waals surface area contributed by atoms with Gasteiger partial charge in [0.05, 0.1) is 0 Å². The lowest BCUT2D eigenvalue weighted by molar-refractivity contribution is 0.0656. The molecule has 0 aromatic rings. The van der Waals surface area contributed by atoms with Gasteiger partial charge in [-0.2, -0.15) is 0 Å². The third-order valence-electron chi connectivity index (χ3n) is 5.07. The summed E-state index contributed by atoms with van der Waals surface area (Å²) >= 11 is 0. The number of piperidine rings is 1. The number of likely N-dealkylation sites (tertiary alicyclic amines) is 1. The monoisotopic (exact) mass is 235 g/mol. The maximum Gasteiger partial charge on any atom is 0.00385 e. The molecule has 1 heterocycles. The van der Waals surface area contributed by atoms with Gasteiger partial charge in [0.25, 0.3) is 0 Å². The highest BCUT2D eigenvalue weighted by molar-refractivity contribution is 5.15. The lowest BCUT2D eigenvalue weighted by Gasteiger charge is -2.46. The van der Waals surface area contributed by atoms with Gasteiger partial charge >= 0.3 is 0 Å². The van der Waals surface area contributed by atoms with Crippen LogP contribution in [0.3, 0.4) is 0 Å². The van der Waals surface area contributed by atoms with Crippen LogP contribution >= 0.6 is 0 Å². The van der Waals surface area contributed by atoms with E-state index >= 15 is 0 Å². The van der Waals surface area contributed by atoms with Gasteiger partial charge < -0.3 is 4.90 Å². The van der Waals surface area contributed by atoms with Crippen LogP contribution in [0.15, 0.2) is 11.1 Å². The summed E-state index contributed by atoms with van der Waals surface area (Å²) in [6.07, 6.45) is 8.56. The third-order valence-corrected chi connectivity index (χ3v) is 5.07. The van der Waals surface area contributed by atoms with Gasteiger partial charge in [0.1, 0.15) is 0 Å². The number of hydrogen-bond acceptors (Lipinski definition) is 1. The van der Waals surface area contributed by atoms with Gasteiger partial charge in [0.15, 0.2) is 0 Å². The fraction of sp³-hybridized carbons (Fsp3) is 0.875. The first-order valence-corrected chi connectivity index (χ1v) is 7.42. The van der Waals surface area contributed by atoms with Crippen molar-refractivity contribution in [3.63, 3.8) is 0 Å². The zero-order valence-corrected chi connectivity index (χ0v) is 12.2. The van der Waals surface area contributed by atoms with Crippen LogP contribution in [0.25, 0.3) is 0 Å². The molecule has 0 bridgehead atoms. The molecule has 1 heteroatoms. The summed E-state index contributed by atoms with van der Waals surface area (Å²) in [7, 11) is 0. The van der Waals surface area contributed by atoms with Crippen LogP contribution in [0.1, 0.15) is 66.2 Å². The standard InChI is InChI=1S/C16H29N/c1-13(2)15-6-5-7-16(12-15)8-10-17(11-9-16)14(3)4/h14H,5-12H2,1-4H3. The molecular formula is C16H29N. The van der Waals surface area contributed by atoms with Crippen LogP contribution in [-0.2, 0) is 0 Å². The summed E-state index contributed by atoms with van der Waals surface area (Å²) in [5, 5.41) is 0. The van der Waals surface area contributed by atoms with E-state index in [1.54, 1.807) is 11.1 Å². The van der Waals surface area contributed by atoms with E-state index in [9.17, 15) is 0 Å². The maximum atomic E-state index is 2.65. The highest BCUT2D eigenvalue weighted by atomic mass is 15.2. The Labute approximate surface area is 107 Å². The van der Waals surface area contributed by atoms with Gasteiger partial charge in [0.2, 0.25) is 0 Å². The van der Waals surface area contributed by atoms with E-state index in [0.29, 0.717) is 5.41 Å². The summed E-state index contributed by atoms with van der Waals surface area (Å²) in [6.45, 7) is 11.9. The van der Waals surface area contributed by atoms with E-state index < -0.39 is 0 Å². The van der Waals surface area contributed by atoms with Crippen molar-refractivity contribution in [3.05, 3.63) is 11.1 Å². The van der Waals surface area contributed by atoms with Gasteiger partial charge in [-0.05, 0) is 84.7 Å². The van der Waals surface area contributed by atoms with Crippen molar-refractivity contribution in [1.29, 1.82) is 0 Å². The number of hydrogen-bond donors (Lipinski definition) is 0. The zero-order valence-electron chi connectivity index (χ0n) is 12.2. The molecule has 2 aliphatic rings. The van der Waals surface area contributed by atoms with Crippen LogP contribution in [0.2, 0.25) is 0 Å². The largest absolute Gasteiger partial charge is 0.301 e.